The number of nitrogens with zero attached hydrogens (tertiary/aromatic N) is 1. The van der Waals surface area contributed by atoms with E-state index in [0.29, 0.717) is 12.4 Å². The van der Waals surface area contributed by atoms with Crippen LogP contribution in [0.5, 0.6) is 5.75 Å². The Kier molecular flexibility index (Phi) is 5.92. The van der Waals surface area contributed by atoms with Crippen molar-refractivity contribution in [3.8, 4) is 5.75 Å². The normalized spacial score (nSPS) is 11.0. The van der Waals surface area contributed by atoms with Gasteiger partial charge in [0.15, 0.2) is 0 Å². The third-order valence-electron chi connectivity index (χ3n) is 3.50. The van der Waals surface area contributed by atoms with Crippen LogP contribution in [0.2, 0.25) is 5.02 Å². The molecule has 0 atom stereocenters. The number of halogens is 1. The van der Waals surface area contributed by atoms with Crippen LogP contribution in [0, 0.1) is 0 Å². The average molecular weight is 384 g/mol. The van der Waals surface area contributed by atoms with Gasteiger partial charge in [-0.1, -0.05) is 11.6 Å². The van der Waals surface area contributed by atoms with Crippen molar-refractivity contribution < 1.29 is 22.7 Å². The van der Waals surface area contributed by atoms with E-state index in [-0.39, 0.29) is 21.2 Å². The van der Waals surface area contributed by atoms with Gasteiger partial charge in [-0.25, -0.2) is 13.2 Å². The molecule has 2 aromatic rings. The summed E-state index contributed by atoms with van der Waals surface area (Å²) in [4.78, 5) is 11.8. The van der Waals surface area contributed by atoms with Crippen LogP contribution in [0.15, 0.2) is 47.4 Å². The van der Waals surface area contributed by atoms with Gasteiger partial charge < -0.3 is 9.47 Å². The fraction of sp³-hybridized carbons (Fsp3) is 0.235. The summed E-state index contributed by atoms with van der Waals surface area (Å²) in [5.74, 6) is -0.000365. The molecular weight excluding hydrogens is 366 g/mol. The van der Waals surface area contributed by atoms with E-state index in [2.05, 4.69) is 4.74 Å². The van der Waals surface area contributed by atoms with E-state index >= 15 is 0 Å². The highest BCUT2D eigenvalue weighted by atomic mass is 35.5. The third kappa shape index (κ3) is 4.05. The molecule has 0 aliphatic heterocycles. The van der Waals surface area contributed by atoms with E-state index in [1.54, 1.807) is 12.1 Å². The zero-order valence-corrected chi connectivity index (χ0v) is 15.6. The van der Waals surface area contributed by atoms with Crippen molar-refractivity contribution in [2.24, 2.45) is 0 Å². The highest BCUT2D eigenvalue weighted by Crippen LogP contribution is 2.31. The number of hydrogen-bond donors (Lipinski definition) is 0. The van der Waals surface area contributed by atoms with Gasteiger partial charge in [0.2, 0.25) is 0 Å². The first-order chi connectivity index (χ1) is 11.8. The molecular formula is C17H18ClNO5S. The number of benzene rings is 2. The molecule has 25 heavy (non-hydrogen) atoms. The molecule has 0 fully saturated rings. The summed E-state index contributed by atoms with van der Waals surface area (Å²) in [5, 5.41) is 0.199. The van der Waals surface area contributed by atoms with Gasteiger partial charge in [-0.3, -0.25) is 4.31 Å². The zero-order valence-electron chi connectivity index (χ0n) is 14.0. The Labute approximate surface area is 152 Å². The van der Waals surface area contributed by atoms with Crippen molar-refractivity contribution in [3.05, 3.63) is 53.1 Å². The predicted molar refractivity (Wildman–Crippen MR) is 96.0 cm³/mol. The molecule has 0 aliphatic rings. The topological polar surface area (TPSA) is 72.9 Å². The fourth-order valence-electron chi connectivity index (χ4n) is 2.16. The maximum absolute atomic E-state index is 12.8. The number of esters is 1. The molecule has 2 aromatic carbocycles. The van der Waals surface area contributed by atoms with Crippen molar-refractivity contribution >= 4 is 33.3 Å². The van der Waals surface area contributed by atoms with Gasteiger partial charge >= 0.3 is 5.97 Å². The molecule has 2 rings (SSSR count). The smallest absolute Gasteiger partial charge is 0.337 e. The minimum absolute atomic E-state index is 0.0815. The molecule has 0 aliphatic carbocycles. The molecule has 0 aromatic heterocycles. The molecule has 0 radical (unpaired) electrons. The molecule has 0 N–H and O–H groups in total. The summed E-state index contributed by atoms with van der Waals surface area (Å²) in [6.07, 6.45) is 0. The van der Waals surface area contributed by atoms with Gasteiger partial charge in [-0.2, -0.15) is 0 Å². The summed E-state index contributed by atoms with van der Waals surface area (Å²) in [7, 11) is -1.24. The van der Waals surface area contributed by atoms with E-state index in [0.717, 1.165) is 4.31 Å². The number of anilines is 1. The summed E-state index contributed by atoms with van der Waals surface area (Å²) in [6, 6.07) is 10.4. The molecule has 134 valence electrons. The lowest BCUT2D eigenvalue weighted by Gasteiger charge is -2.21. The standard InChI is InChI=1S/C17H18ClNO5S/c1-4-24-13-6-8-14(9-7-13)25(21,22)19(2)16-11-12(17(20)23-3)5-10-15(16)18/h5-11H,4H2,1-3H3. The lowest BCUT2D eigenvalue weighted by Crippen LogP contribution is -2.27. The maximum atomic E-state index is 12.8. The van der Waals surface area contributed by atoms with Crippen LogP contribution >= 0.6 is 11.6 Å². The Balaban J connectivity index is 2.41. The second kappa shape index (κ2) is 7.76. The summed E-state index contributed by atoms with van der Waals surface area (Å²) in [5.41, 5.74) is 0.383. The first-order valence-electron chi connectivity index (χ1n) is 7.41. The lowest BCUT2D eigenvalue weighted by molar-refractivity contribution is 0.0600. The van der Waals surface area contributed by atoms with E-state index in [1.165, 1.54) is 44.5 Å². The highest BCUT2D eigenvalue weighted by molar-refractivity contribution is 7.92. The molecule has 0 saturated carbocycles. The summed E-state index contributed by atoms with van der Waals surface area (Å²) >= 11 is 6.12. The largest absolute Gasteiger partial charge is 0.494 e. The number of carbonyl (C=O) groups excluding carboxylic acids is 1. The van der Waals surface area contributed by atoms with Crippen LogP contribution in [-0.2, 0) is 14.8 Å². The molecule has 8 heteroatoms. The Morgan fingerprint density at radius 3 is 2.36 bits per heavy atom. The van der Waals surface area contributed by atoms with Crippen LogP contribution in [-0.4, -0.2) is 35.2 Å². The van der Waals surface area contributed by atoms with Gasteiger partial charge in [0.25, 0.3) is 10.0 Å². The van der Waals surface area contributed by atoms with Crippen molar-refractivity contribution in [2.75, 3.05) is 25.1 Å². The molecule has 0 spiro atoms. The van der Waals surface area contributed by atoms with Crippen LogP contribution in [0.25, 0.3) is 0 Å². The van der Waals surface area contributed by atoms with Crippen LogP contribution in [0.1, 0.15) is 17.3 Å². The first-order valence-corrected chi connectivity index (χ1v) is 9.22. The van der Waals surface area contributed by atoms with E-state index < -0.39 is 16.0 Å². The Morgan fingerprint density at radius 2 is 1.80 bits per heavy atom. The van der Waals surface area contributed by atoms with E-state index in [9.17, 15) is 13.2 Å². The molecule has 0 saturated heterocycles. The van der Waals surface area contributed by atoms with Gasteiger partial charge in [-0.15, -0.1) is 0 Å². The monoisotopic (exact) mass is 383 g/mol. The van der Waals surface area contributed by atoms with Crippen molar-refractivity contribution in [3.63, 3.8) is 0 Å². The minimum Gasteiger partial charge on any atom is -0.494 e. The molecule has 6 nitrogen and oxygen atoms in total. The predicted octanol–water partition coefficient (Wildman–Crippen LogP) is 3.35. The van der Waals surface area contributed by atoms with Crippen molar-refractivity contribution in [1.82, 2.24) is 0 Å². The minimum atomic E-state index is -3.85. The first kappa shape index (κ1) is 19.1. The quantitative estimate of drug-likeness (QED) is 0.715. The maximum Gasteiger partial charge on any atom is 0.337 e. The van der Waals surface area contributed by atoms with Crippen LogP contribution in [0.3, 0.4) is 0 Å². The molecule has 0 bridgehead atoms. The average Bonchev–Trinajstić information content (AvgIpc) is 2.61. The Bertz CT molecular complexity index is 865. The summed E-state index contributed by atoms with van der Waals surface area (Å²) in [6.45, 7) is 2.33. The lowest BCUT2D eigenvalue weighted by atomic mass is 10.2. The van der Waals surface area contributed by atoms with Crippen LogP contribution in [0.4, 0.5) is 5.69 Å². The number of rotatable bonds is 6. The Morgan fingerprint density at radius 1 is 1.16 bits per heavy atom. The van der Waals surface area contributed by atoms with Gasteiger partial charge in [0.05, 0.1) is 34.9 Å². The molecule has 0 heterocycles. The van der Waals surface area contributed by atoms with Gasteiger partial charge in [-0.05, 0) is 49.4 Å². The summed E-state index contributed by atoms with van der Waals surface area (Å²) < 4.78 is 36.6. The second-order valence-corrected chi connectivity index (χ2v) is 7.41. The number of sulfonamides is 1. The van der Waals surface area contributed by atoms with E-state index in [4.69, 9.17) is 16.3 Å². The second-order valence-electron chi connectivity index (χ2n) is 5.03. The number of ether oxygens (including phenoxy) is 2. The van der Waals surface area contributed by atoms with Gasteiger partial charge in [0.1, 0.15) is 5.75 Å². The number of methoxy groups -OCH3 is 1. The zero-order chi connectivity index (χ0) is 18.6. The highest BCUT2D eigenvalue weighted by Gasteiger charge is 2.24. The van der Waals surface area contributed by atoms with E-state index in [1.807, 2.05) is 6.92 Å². The fourth-order valence-corrected chi connectivity index (χ4v) is 3.66. The SMILES string of the molecule is CCOc1ccc(S(=O)(=O)N(C)c2cc(C(=O)OC)ccc2Cl)cc1. The Hall–Kier alpha value is -2.25. The van der Waals surface area contributed by atoms with Gasteiger partial charge in [0, 0.05) is 7.05 Å². The van der Waals surface area contributed by atoms with Crippen molar-refractivity contribution in [2.45, 2.75) is 11.8 Å². The number of hydrogen-bond acceptors (Lipinski definition) is 5. The molecule has 0 unspecified atom stereocenters. The number of carbonyl (C=O) groups is 1. The third-order valence-corrected chi connectivity index (χ3v) is 5.60. The molecule has 0 amide bonds. The van der Waals surface area contributed by atoms with Crippen LogP contribution < -0.4 is 9.04 Å². The van der Waals surface area contributed by atoms with Crippen molar-refractivity contribution in [1.29, 1.82) is 0 Å².